The van der Waals surface area contributed by atoms with Crippen LogP contribution in [0, 0.1) is 3.57 Å². The van der Waals surface area contributed by atoms with Crippen LogP contribution in [0.2, 0.25) is 5.02 Å². The minimum atomic E-state index is 0.731. The topological polar surface area (TPSA) is 13.1 Å². The monoisotopic (exact) mass is 332 g/mol. The largest absolute Gasteiger partial charge is 0.479 e. The van der Waals surface area contributed by atoms with Gasteiger partial charge in [0, 0.05) is 6.07 Å². The van der Waals surface area contributed by atoms with Crippen LogP contribution < -0.4 is 9.30 Å². The minimum Gasteiger partial charge on any atom is -0.479 e. The first kappa shape index (κ1) is 9.66. The molecule has 0 unspecified atom stereocenters. The molecule has 1 aromatic heterocycles. The van der Waals surface area contributed by atoms with Gasteiger partial charge in [-0.2, -0.15) is 4.57 Å². The lowest BCUT2D eigenvalue weighted by Crippen LogP contribution is -2.40. The Morgan fingerprint density at radius 3 is 3.20 bits per heavy atom. The van der Waals surface area contributed by atoms with Crippen molar-refractivity contribution in [3.63, 3.8) is 0 Å². The van der Waals surface area contributed by atoms with Gasteiger partial charge < -0.3 is 4.74 Å². The van der Waals surface area contributed by atoms with E-state index in [0.717, 1.165) is 38.4 Å². The van der Waals surface area contributed by atoms with Gasteiger partial charge in [-0.05, 0) is 34.7 Å². The number of hydrogen-bond donors (Lipinski definition) is 0. The van der Waals surface area contributed by atoms with Crippen molar-refractivity contribution in [3.05, 3.63) is 33.0 Å². The summed E-state index contributed by atoms with van der Waals surface area (Å²) in [5.41, 5.74) is 1.11. The molecule has 0 amide bonds. The molecule has 1 aromatic carbocycles. The number of pyridine rings is 1. The summed E-state index contributed by atoms with van der Waals surface area (Å²) in [4.78, 5) is 0. The van der Waals surface area contributed by atoms with Crippen LogP contribution in [-0.2, 0) is 6.54 Å². The van der Waals surface area contributed by atoms with Gasteiger partial charge in [-0.3, -0.25) is 0 Å². The molecule has 0 bridgehead atoms. The molecule has 0 spiro atoms. The summed E-state index contributed by atoms with van der Waals surface area (Å²) in [7, 11) is 0. The number of halogens is 2. The lowest BCUT2D eigenvalue weighted by molar-refractivity contribution is -0.676. The van der Waals surface area contributed by atoms with E-state index in [1.807, 2.05) is 18.2 Å². The molecule has 0 saturated heterocycles. The second-order valence-electron chi connectivity index (χ2n) is 3.48. The van der Waals surface area contributed by atoms with Gasteiger partial charge >= 0.3 is 0 Å². The van der Waals surface area contributed by atoms with E-state index in [1.54, 1.807) is 0 Å². The summed E-state index contributed by atoms with van der Waals surface area (Å²) < 4.78 is 8.96. The molecule has 0 radical (unpaired) electrons. The van der Waals surface area contributed by atoms with E-state index in [-0.39, 0.29) is 0 Å². The second-order valence-corrected chi connectivity index (χ2v) is 5.05. The molecule has 2 aromatic rings. The fraction of sp³-hybridized carbons (Fsp3) is 0.182. The van der Waals surface area contributed by atoms with Crippen molar-refractivity contribution in [2.24, 2.45) is 0 Å². The molecule has 3 rings (SSSR count). The normalized spacial score (nSPS) is 14.0. The Balaban J connectivity index is 2.53. The molecule has 0 aliphatic carbocycles. The molecule has 0 N–H and O–H groups in total. The number of nitrogens with zero attached hydrogens (tertiary/aromatic N) is 1. The molecular weight excluding hydrogens is 324 g/mol. The SMILES string of the molecule is Clc1cc(I)c2c3c1ccc[n+]3CCO2. The zero-order valence-corrected chi connectivity index (χ0v) is 10.7. The zero-order chi connectivity index (χ0) is 10.4. The highest BCUT2D eigenvalue weighted by atomic mass is 127. The lowest BCUT2D eigenvalue weighted by atomic mass is 10.2. The van der Waals surface area contributed by atoms with Gasteiger partial charge in [0.2, 0.25) is 5.75 Å². The van der Waals surface area contributed by atoms with Gasteiger partial charge in [0.1, 0.15) is 6.61 Å². The van der Waals surface area contributed by atoms with Crippen LogP contribution in [0.15, 0.2) is 24.4 Å². The van der Waals surface area contributed by atoms with Crippen LogP contribution in [0.3, 0.4) is 0 Å². The molecular formula is C11H8ClINO+. The van der Waals surface area contributed by atoms with Crippen LogP contribution in [0.25, 0.3) is 10.9 Å². The maximum absolute atomic E-state index is 6.21. The highest BCUT2D eigenvalue weighted by Gasteiger charge is 2.24. The Kier molecular flexibility index (Phi) is 2.25. The predicted molar refractivity (Wildman–Crippen MR) is 67.4 cm³/mol. The fourth-order valence-corrected chi connectivity index (χ4v) is 3.10. The van der Waals surface area contributed by atoms with Gasteiger partial charge in [-0.25, -0.2) is 0 Å². The zero-order valence-electron chi connectivity index (χ0n) is 7.84. The Morgan fingerprint density at radius 2 is 2.33 bits per heavy atom. The number of rotatable bonds is 0. The smallest absolute Gasteiger partial charge is 0.257 e. The van der Waals surface area contributed by atoms with Gasteiger partial charge in [-0.15, -0.1) is 0 Å². The van der Waals surface area contributed by atoms with Crippen LogP contribution >= 0.6 is 34.2 Å². The van der Waals surface area contributed by atoms with E-state index < -0.39 is 0 Å². The Labute approximate surface area is 106 Å². The van der Waals surface area contributed by atoms with Gasteiger partial charge in [0.05, 0.1) is 14.0 Å². The first-order valence-electron chi connectivity index (χ1n) is 4.70. The van der Waals surface area contributed by atoms with Crippen LogP contribution in [0.5, 0.6) is 5.75 Å². The molecule has 4 heteroatoms. The third kappa shape index (κ3) is 1.40. The van der Waals surface area contributed by atoms with E-state index in [1.165, 1.54) is 0 Å². The van der Waals surface area contributed by atoms with Crippen LogP contribution in [0.4, 0.5) is 0 Å². The van der Waals surface area contributed by atoms with Crippen molar-refractivity contribution in [3.8, 4) is 5.75 Å². The fourth-order valence-electron chi connectivity index (χ4n) is 1.93. The Bertz CT molecular complexity index is 556. The molecule has 0 fully saturated rings. The number of aromatic nitrogens is 1. The second kappa shape index (κ2) is 3.49. The highest BCUT2D eigenvalue weighted by molar-refractivity contribution is 14.1. The first-order chi connectivity index (χ1) is 7.27. The standard InChI is InChI=1S/C11H8ClINO/c12-8-6-9(13)11-10-7(8)2-1-3-14(10)4-5-15-11/h1-3,6H,4-5H2/q+1. The van der Waals surface area contributed by atoms with Crippen molar-refractivity contribution < 1.29 is 9.30 Å². The molecule has 2 heterocycles. The third-order valence-corrected chi connectivity index (χ3v) is 3.71. The molecule has 15 heavy (non-hydrogen) atoms. The predicted octanol–water partition coefficient (Wildman–Crippen LogP) is 2.78. The quantitative estimate of drug-likeness (QED) is 0.534. The van der Waals surface area contributed by atoms with Crippen molar-refractivity contribution in [1.82, 2.24) is 0 Å². The number of benzene rings is 1. The van der Waals surface area contributed by atoms with E-state index in [4.69, 9.17) is 16.3 Å². The van der Waals surface area contributed by atoms with Crippen molar-refractivity contribution >= 4 is 45.1 Å². The number of hydrogen-bond acceptors (Lipinski definition) is 1. The Morgan fingerprint density at radius 1 is 1.47 bits per heavy atom. The summed E-state index contributed by atoms with van der Waals surface area (Å²) >= 11 is 8.48. The first-order valence-corrected chi connectivity index (χ1v) is 6.16. The van der Waals surface area contributed by atoms with E-state index in [9.17, 15) is 0 Å². The lowest BCUT2D eigenvalue weighted by Gasteiger charge is -2.15. The average molecular weight is 333 g/mol. The van der Waals surface area contributed by atoms with E-state index in [2.05, 4.69) is 33.4 Å². The van der Waals surface area contributed by atoms with E-state index in [0.29, 0.717) is 0 Å². The van der Waals surface area contributed by atoms with Gasteiger partial charge in [-0.1, -0.05) is 11.6 Å². The van der Waals surface area contributed by atoms with Crippen molar-refractivity contribution in [2.45, 2.75) is 6.54 Å². The molecule has 1 aliphatic heterocycles. The Hall–Kier alpha value is -0.550. The summed E-state index contributed by atoms with van der Waals surface area (Å²) in [5, 5.41) is 1.85. The molecule has 76 valence electrons. The summed E-state index contributed by atoms with van der Waals surface area (Å²) in [6, 6.07) is 6.01. The van der Waals surface area contributed by atoms with E-state index >= 15 is 0 Å². The van der Waals surface area contributed by atoms with Crippen molar-refractivity contribution in [1.29, 1.82) is 0 Å². The number of ether oxygens (including phenoxy) is 1. The van der Waals surface area contributed by atoms with Crippen LogP contribution in [-0.4, -0.2) is 6.61 Å². The molecule has 2 nitrogen and oxygen atoms in total. The minimum absolute atomic E-state index is 0.731. The average Bonchev–Trinajstić information content (AvgIpc) is 2.25. The highest BCUT2D eigenvalue weighted by Crippen LogP contribution is 2.34. The van der Waals surface area contributed by atoms with Crippen LogP contribution in [0.1, 0.15) is 0 Å². The molecule has 0 atom stereocenters. The van der Waals surface area contributed by atoms with Gasteiger partial charge in [0.25, 0.3) is 5.52 Å². The molecule has 0 saturated carbocycles. The maximum Gasteiger partial charge on any atom is 0.257 e. The van der Waals surface area contributed by atoms with Crippen molar-refractivity contribution in [2.75, 3.05) is 6.61 Å². The summed E-state index contributed by atoms with van der Waals surface area (Å²) in [5.74, 6) is 0.960. The summed E-state index contributed by atoms with van der Waals surface area (Å²) in [6.07, 6.45) is 2.07. The van der Waals surface area contributed by atoms with Gasteiger partial charge in [0.15, 0.2) is 12.7 Å². The third-order valence-electron chi connectivity index (χ3n) is 2.59. The maximum atomic E-state index is 6.21. The summed E-state index contributed by atoms with van der Waals surface area (Å²) in [6.45, 7) is 1.62. The molecule has 1 aliphatic rings.